The molecule has 31 heavy (non-hydrogen) atoms. The zero-order chi connectivity index (χ0) is 22.2. The molecule has 1 saturated carbocycles. The number of aryl methyl sites for hydroxylation is 1. The number of benzene rings is 1. The van der Waals surface area contributed by atoms with Gasteiger partial charge in [-0.1, -0.05) is 31.4 Å². The fraction of sp³-hybridized carbons (Fsp3) is 0.619. The normalized spacial score (nSPS) is 19.4. The molecule has 0 spiro atoms. The fourth-order valence-electron chi connectivity index (χ4n) is 4.73. The van der Waals surface area contributed by atoms with Gasteiger partial charge in [-0.2, -0.15) is 17.0 Å². The second-order valence-corrected chi connectivity index (χ2v) is 10.5. The van der Waals surface area contributed by atoms with E-state index in [1.807, 2.05) is 24.3 Å². The molecule has 0 atom stereocenters. The Morgan fingerprint density at radius 1 is 1.03 bits per heavy atom. The molecule has 0 bridgehead atoms. The monoisotopic (exact) mass is 449 g/mol. The lowest BCUT2D eigenvalue weighted by atomic mass is 9.96. The van der Waals surface area contributed by atoms with E-state index in [9.17, 15) is 18.0 Å². The van der Waals surface area contributed by atoms with Gasteiger partial charge in [0.25, 0.3) is 10.2 Å². The molecule has 1 aromatic heterocycles. The minimum atomic E-state index is -3.53. The van der Waals surface area contributed by atoms with Crippen molar-refractivity contribution in [2.24, 2.45) is 7.05 Å². The molecule has 2 fully saturated rings. The maximum absolute atomic E-state index is 13.0. The van der Waals surface area contributed by atoms with Gasteiger partial charge in [-0.15, -0.1) is 0 Å². The zero-order valence-corrected chi connectivity index (χ0v) is 19.1. The van der Waals surface area contributed by atoms with E-state index in [1.165, 1.54) is 24.2 Å². The SMILES string of the molecule is CN(C1CCCCC1)S(=O)(=O)N1CCN(C(=O)Cn2c(=O)n(C)c3ccccc32)CC1. The summed E-state index contributed by atoms with van der Waals surface area (Å²) in [6.45, 7) is 1.16. The van der Waals surface area contributed by atoms with Crippen molar-refractivity contribution in [1.29, 1.82) is 0 Å². The van der Waals surface area contributed by atoms with Crippen molar-refractivity contribution in [2.45, 2.75) is 44.7 Å². The standard InChI is InChI=1S/C21H31N5O4S/c1-22-18-10-6-7-11-19(18)26(21(22)28)16-20(27)24-12-14-25(15-13-24)31(29,30)23(2)17-8-4-3-5-9-17/h6-7,10-11,17H,3-5,8-9,12-16H2,1-2H3. The van der Waals surface area contributed by atoms with Crippen LogP contribution < -0.4 is 5.69 Å². The molecule has 1 aromatic carbocycles. The number of fused-ring (bicyclic) bond motifs is 1. The molecule has 2 aromatic rings. The van der Waals surface area contributed by atoms with Crippen molar-refractivity contribution in [3.8, 4) is 0 Å². The molecule has 0 N–H and O–H groups in total. The molecule has 10 heteroatoms. The maximum atomic E-state index is 13.0. The number of amides is 1. The number of imidazole rings is 1. The highest BCUT2D eigenvalue weighted by molar-refractivity contribution is 7.86. The average Bonchev–Trinajstić information content (AvgIpc) is 3.04. The molecule has 170 valence electrons. The van der Waals surface area contributed by atoms with Gasteiger partial charge in [0.1, 0.15) is 6.54 Å². The van der Waals surface area contributed by atoms with Crippen LogP contribution in [0.5, 0.6) is 0 Å². The molecule has 1 saturated heterocycles. The lowest BCUT2D eigenvalue weighted by molar-refractivity contribution is -0.133. The molecule has 4 rings (SSSR count). The van der Waals surface area contributed by atoms with Gasteiger partial charge >= 0.3 is 5.69 Å². The topological polar surface area (TPSA) is 87.9 Å². The van der Waals surface area contributed by atoms with Crippen LogP contribution in [0.4, 0.5) is 0 Å². The van der Waals surface area contributed by atoms with Crippen LogP contribution >= 0.6 is 0 Å². The summed E-state index contributed by atoms with van der Waals surface area (Å²) < 4.78 is 32.1. The molecule has 2 heterocycles. The highest BCUT2D eigenvalue weighted by atomic mass is 32.2. The zero-order valence-electron chi connectivity index (χ0n) is 18.2. The smallest absolute Gasteiger partial charge is 0.329 e. The highest BCUT2D eigenvalue weighted by Crippen LogP contribution is 2.25. The number of carbonyl (C=O) groups is 1. The fourth-order valence-corrected chi connectivity index (χ4v) is 6.31. The van der Waals surface area contributed by atoms with Crippen LogP contribution in [-0.4, -0.2) is 76.2 Å². The molecule has 0 unspecified atom stereocenters. The van der Waals surface area contributed by atoms with Gasteiger partial charge in [-0.05, 0) is 25.0 Å². The third kappa shape index (κ3) is 4.16. The van der Waals surface area contributed by atoms with Crippen molar-refractivity contribution in [3.05, 3.63) is 34.7 Å². The summed E-state index contributed by atoms with van der Waals surface area (Å²) in [4.78, 5) is 27.1. The molecular weight excluding hydrogens is 418 g/mol. The van der Waals surface area contributed by atoms with Crippen molar-refractivity contribution < 1.29 is 13.2 Å². The summed E-state index contributed by atoms with van der Waals surface area (Å²) in [6, 6.07) is 7.45. The van der Waals surface area contributed by atoms with Crippen LogP contribution in [0.1, 0.15) is 32.1 Å². The number of nitrogens with zero attached hydrogens (tertiary/aromatic N) is 5. The molecule has 2 aliphatic rings. The van der Waals surface area contributed by atoms with Crippen molar-refractivity contribution in [3.63, 3.8) is 0 Å². The minimum absolute atomic E-state index is 0.0467. The quantitative estimate of drug-likeness (QED) is 0.681. The third-order valence-electron chi connectivity index (χ3n) is 6.72. The molecule has 0 radical (unpaired) electrons. The average molecular weight is 450 g/mol. The number of rotatable bonds is 5. The molecule has 1 amide bonds. The van der Waals surface area contributed by atoms with Crippen LogP contribution in [0.25, 0.3) is 11.0 Å². The third-order valence-corrected chi connectivity index (χ3v) is 8.76. The Hall–Kier alpha value is -2.17. The Morgan fingerprint density at radius 3 is 2.29 bits per heavy atom. The number of hydrogen-bond acceptors (Lipinski definition) is 4. The number of hydrogen-bond donors (Lipinski definition) is 0. The van der Waals surface area contributed by atoms with Crippen molar-refractivity contribution in [2.75, 3.05) is 33.2 Å². The minimum Gasteiger partial charge on any atom is -0.338 e. The highest BCUT2D eigenvalue weighted by Gasteiger charge is 2.35. The Bertz CT molecular complexity index is 1110. The lowest BCUT2D eigenvalue weighted by Gasteiger charge is -2.38. The first-order valence-electron chi connectivity index (χ1n) is 11.0. The molecule has 1 aliphatic carbocycles. The lowest BCUT2D eigenvalue weighted by Crippen LogP contribution is -2.55. The predicted octanol–water partition coefficient (Wildman–Crippen LogP) is 0.994. The van der Waals surface area contributed by atoms with Gasteiger partial charge in [0, 0.05) is 46.3 Å². The van der Waals surface area contributed by atoms with E-state index < -0.39 is 10.2 Å². The number of para-hydroxylation sites is 2. The maximum Gasteiger partial charge on any atom is 0.329 e. The first kappa shape index (κ1) is 22.0. The van der Waals surface area contributed by atoms with Gasteiger partial charge < -0.3 is 4.90 Å². The second kappa shape index (κ2) is 8.76. The second-order valence-electron chi connectivity index (χ2n) is 8.51. The Labute approximate surface area is 183 Å². The van der Waals surface area contributed by atoms with Gasteiger partial charge in [-0.3, -0.25) is 13.9 Å². The molecular formula is C21H31N5O4S. The predicted molar refractivity (Wildman–Crippen MR) is 119 cm³/mol. The largest absolute Gasteiger partial charge is 0.338 e. The van der Waals surface area contributed by atoms with E-state index in [4.69, 9.17) is 0 Å². The van der Waals surface area contributed by atoms with Crippen LogP contribution in [0.3, 0.4) is 0 Å². The molecule has 9 nitrogen and oxygen atoms in total. The Balaban J connectivity index is 1.40. The van der Waals surface area contributed by atoms with Crippen LogP contribution in [0, 0.1) is 0 Å². The van der Waals surface area contributed by atoms with E-state index in [0.29, 0.717) is 13.1 Å². The number of carbonyl (C=O) groups excluding carboxylic acids is 1. The summed E-state index contributed by atoms with van der Waals surface area (Å²) in [6.07, 6.45) is 5.13. The van der Waals surface area contributed by atoms with Crippen LogP contribution in [-0.2, 0) is 28.6 Å². The van der Waals surface area contributed by atoms with Crippen LogP contribution in [0.15, 0.2) is 29.1 Å². The van der Waals surface area contributed by atoms with Crippen molar-refractivity contribution >= 4 is 27.1 Å². The van der Waals surface area contributed by atoms with Gasteiger partial charge in [-0.25, -0.2) is 4.79 Å². The first-order valence-corrected chi connectivity index (χ1v) is 12.4. The summed E-state index contributed by atoms with van der Waals surface area (Å²) in [5.74, 6) is -0.170. The molecule has 1 aliphatic heterocycles. The van der Waals surface area contributed by atoms with E-state index in [0.717, 1.165) is 36.7 Å². The van der Waals surface area contributed by atoms with Gasteiger partial charge in [0.15, 0.2) is 0 Å². The van der Waals surface area contributed by atoms with E-state index in [2.05, 4.69) is 0 Å². The van der Waals surface area contributed by atoms with E-state index in [1.54, 1.807) is 19.0 Å². The summed E-state index contributed by atoms with van der Waals surface area (Å²) in [5.41, 5.74) is 1.27. The van der Waals surface area contributed by atoms with E-state index >= 15 is 0 Å². The summed E-state index contributed by atoms with van der Waals surface area (Å²) in [5, 5.41) is 0. The number of piperazine rings is 1. The Morgan fingerprint density at radius 2 is 1.65 bits per heavy atom. The van der Waals surface area contributed by atoms with Gasteiger partial charge in [0.2, 0.25) is 5.91 Å². The Kier molecular flexibility index (Phi) is 6.23. The summed E-state index contributed by atoms with van der Waals surface area (Å²) >= 11 is 0. The van der Waals surface area contributed by atoms with Gasteiger partial charge in [0.05, 0.1) is 11.0 Å². The van der Waals surface area contributed by atoms with Crippen molar-refractivity contribution in [1.82, 2.24) is 22.6 Å². The first-order chi connectivity index (χ1) is 14.8. The number of aromatic nitrogens is 2. The summed E-state index contributed by atoms with van der Waals surface area (Å²) in [7, 11) is -0.163. The van der Waals surface area contributed by atoms with Crippen LogP contribution in [0.2, 0.25) is 0 Å². The van der Waals surface area contributed by atoms with E-state index in [-0.39, 0.29) is 37.3 Å².